The van der Waals surface area contributed by atoms with Crippen molar-refractivity contribution in [3.63, 3.8) is 0 Å². The van der Waals surface area contributed by atoms with E-state index in [1.807, 2.05) is 0 Å². The van der Waals surface area contributed by atoms with Gasteiger partial charge in [0.2, 0.25) is 5.91 Å². The number of amides is 1. The van der Waals surface area contributed by atoms with Crippen LogP contribution < -0.4 is 0 Å². The van der Waals surface area contributed by atoms with E-state index in [9.17, 15) is 13.6 Å². The maximum absolute atomic E-state index is 12.9. The van der Waals surface area contributed by atoms with E-state index in [1.165, 1.54) is 18.9 Å². The minimum Gasteiger partial charge on any atom is -0.383 e. The highest BCUT2D eigenvalue weighted by molar-refractivity contribution is 5.74. The van der Waals surface area contributed by atoms with Crippen molar-refractivity contribution in [1.29, 1.82) is 0 Å². The zero-order valence-corrected chi connectivity index (χ0v) is 7.72. The third kappa shape index (κ3) is 2.37. The molecule has 0 aromatic heterocycles. The molecular formula is C8H13F2NO2. The van der Waals surface area contributed by atoms with Crippen molar-refractivity contribution in [2.24, 2.45) is 0 Å². The van der Waals surface area contributed by atoms with Crippen LogP contribution in [0.5, 0.6) is 0 Å². The van der Waals surface area contributed by atoms with Crippen molar-refractivity contribution in [1.82, 2.24) is 4.90 Å². The van der Waals surface area contributed by atoms with E-state index in [0.717, 1.165) is 0 Å². The molecule has 1 rings (SSSR count). The fourth-order valence-corrected chi connectivity index (χ4v) is 1.61. The minimum atomic E-state index is -2.76. The van der Waals surface area contributed by atoms with Crippen LogP contribution in [-0.4, -0.2) is 43.0 Å². The molecule has 5 heteroatoms. The van der Waals surface area contributed by atoms with Gasteiger partial charge >= 0.3 is 0 Å². The Kier molecular flexibility index (Phi) is 2.85. The Morgan fingerprint density at radius 2 is 2.31 bits per heavy atom. The summed E-state index contributed by atoms with van der Waals surface area (Å²) < 4.78 is 30.5. The van der Waals surface area contributed by atoms with Gasteiger partial charge in [0.05, 0.1) is 19.2 Å². The number of hydrogen-bond acceptors (Lipinski definition) is 2. The van der Waals surface area contributed by atoms with E-state index in [-0.39, 0.29) is 18.9 Å². The van der Waals surface area contributed by atoms with Crippen molar-refractivity contribution in [2.45, 2.75) is 25.3 Å². The van der Waals surface area contributed by atoms with E-state index in [0.29, 0.717) is 0 Å². The van der Waals surface area contributed by atoms with Crippen LogP contribution in [0.1, 0.15) is 13.3 Å². The van der Waals surface area contributed by atoms with Crippen LogP contribution in [0.25, 0.3) is 0 Å². The topological polar surface area (TPSA) is 29.5 Å². The second-order valence-electron chi connectivity index (χ2n) is 3.32. The molecule has 0 bridgehead atoms. The standard InChI is InChI=1S/C8H13F2NO2/c1-6(12)11-5-8(9,10)3-7(11)4-13-2/h7H,3-5H2,1-2H3/t7-/m0/s1. The molecule has 1 fully saturated rings. The van der Waals surface area contributed by atoms with Crippen molar-refractivity contribution in [2.75, 3.05) is 20.3 Å². The first-order chi connectivity index (χ1) is 5.96. The van der Waals surface area contributed by atoms with E-state index < -0.39 is 18.5 Å². The molecule has 0 aromatic carbocycles. The quantitative estimate of drug-likeness (QED) is 0.651. The summed E-state index contributed by atoms with van der Waals surface area (Å²) in [6.45, 7) is 0.996. The van der Waals surface area contributed by atoms with Gasteiger partial charge in [-0.25, -0.2) is 8.78 Å². The molecule has 76 valence electrons. The Morgan fingerprint density at radius 3 is 2.77 bits per heavy atom. The molecule has 0 aromatic rings. The highest BCUT2D eigenvalue weighted by atomic mass is 19.3. The molecule has 0 radical (unpaired) electrons. The third-order valence-corrected chi connectivity index (χ3v) is 2.14. The molecular weight excluding hydrogens is 180 g/mol. The Balaban J connectivity index is 2.65. The molecule has 0 saturated carbocycles. The van der Waals surface area contributed by atoms with Crippen LogP contribution in [0.4, 0.5) is 8.78 Å². The lowest BCUT2D eigenvalue weighted by Gasteiger charge is -2.21. The molecule has 1 amide bonds. The van der Waals surface area contributed by atoms with E-state index in [4.69, 9.17) is 4.74 Å². The number of ether oxygens (including phenoxy) is 1. The van der Waals surface area contributed by atoms with Crippen molar-refractivity contribution in [3.8, 4) is 0 Å². The molecule has 0 aliphatic carbocycles. The number of carbonyl (C=O) groups excluding carboxylic acids is 1. The number of methoxy groups -OCH3 is 1. The summed E-state index contributed by atoms with van der Waals surface area (Å²) >= 11 is 0. The van der Waals surface area contributed by atoms with Gasteiger partial charge in [-0.3, -0.25) is 4.79 Å². The summed E-state index contributed by atoms with van der Waals surface area (Å²) in [5.41, 5.74) is 0. The number of alkyl halides is 2. The fourth-order valence-electron chi connectivity index (χ4n) is 1.61. The van der Waals surface area contributed by atoms with Crippen LogP contribution >= 0.6 is 0 Å². The highest BCUT2D eigenvalue weighted by Crippen LogP contribution is 2.31. The molecule has 0 N–H and O–H groups in total. The summed E-state index contributed by atoms with van der Waals surface area (Å²) in [4.78, 5) is 12.1. The summed E-state index contributed by atoms with van der Waals surface area (Å²) in [6.07, 6.45) is -0.291. The van der Waals surface area contributed by atoms with E-state index in [1.54, 1.807) is 0 Å². The normalized spacial score (nSPS) is 26.5. The second kappa shape index (κ2) is 3.57. The lowest BCUT2D eigenvalue weighted by atomic mass is 10.2. The summed E-state index contributed by atoms with van der Waals surface area (Å²) in [5, 5.41) is 0. The van der Waals surface area contributed by atoms with Crippen LogP contribution in [0, 0.1) is 0 Å². The van der Waals surface area contributed by atoms with Crippen molar-refractivity contribution in [3.05, 3.63) is 0 Å². The van der Waals surface area contributed by atoms with Gasteiger partial charge in [-0.05, 0) is 0 Å². The molecule has 1 saturated heterocycles. The molecule has 13 heavy (non-hydrogen) atoms. The summed E-state index contributed by atoms with van der Waals surface area (Å²) in [7, 11) is 1.44. The molecule has 1 aliphatic rings. The van der Waals surface area contributed by atoms with Gasteiger partial charge in [-0.1, -0.05) is 0 Å². The molecule has 3 nitrogen and oxygen atoms in total. The van der Waals surface area contributed by atoms with Crippen LogP contribution in [0.2, 0.25) is 0 Å². The number of nitrogens with zero attached hydrogens (tertiary/aromatic N) is 1. The second-order valence-corrected chi connectivity index (χ2v) is 3.32. The van der Waals surface area contributed by atoms with E-state index in [2.05, 4.69) is 0 Å². The van der Waals surface area contributed by atoms with Crippen LogP contribution in [0.15, 0.2) is 0 Å². The Hall–Kier alpha value is -0.710. The zero-order valence-electron chi connectivity index (χ0n) is 7.72. The average molecular weight is 193 g/mol. The largest absolute Gasteiger partial charge is 0.383 e. The van der Waals surface area contributed by atoms with Gasteiger partial charge in [0.25, 0.3) is 5.92 Å². The minimum absolute atomic E-state index is 0.176. The molecule has 0 spiro atoms. The first kappa shape index (κ1) is 10.4. The van der Waals surface area contributed by atoms with Gasteiger partial charge < -0.3 is 9.64 Å². The van der Waals surface area contributed by atoms with Gasteiger partial charge in [0.15, 0.2) is 0 Å². The van der Waals surface area contributed by atoms with Gasteiger partial charge in [0.1, 0.15) is 0 Å². The van der Waals surface area contributed by atoms with Gasteiger partial charge in [-0.15, -0.1) is 0 Å². The molecule has 0 unspecified atom stereocenters. The molecule has 1 atom stereocenters. The predicted molar refractivity (Wildman–Crippen MR) is 42.6 cm³/mol. The zero-order chi connectivity index (χ0) is 10.1. The average Bonchev–Trinajstić information content (AvgIpc) is 2.26. The van der Waals surface area contributed by atoms with Crippen molar-refractivity contribution < 1.29 is 18.3 Å². The number of likely N-dealkylation sites (tertiary alicyclic amines) is 1. The number of carbonyl (C=O) groups is 1. The SMILES string of the molecule is COC[C@@H]1CC(F)(F)CN1C(C)=O. The van der Waals surface area contributed by atoms with E-state index >= 15 is 0 Å². The summed E-state index contributed by atoms with van der Waals surface area (Å²) in [6, 6.07) is -0.475. The van der Waals surface area contributed by atoms with Gasteiger partial charge in [0, 0.05) is 20.5 Å². The smallest absolute Gasteiger partial charge is 0.267 e. The molecule has 1 heterocycles. The van der Waals surface area contributed by atoms with Crippen LogP contribution in [0.3, 0.4) is 0 Å². The Morgan fingerprint density at radius 1 is 1.69 bits per heavy atom. The number of rotatable bonds is 2. The Labute approximate surface area is 75.7 Å². The number of hydrogen-bond donors (Lipinski definition) is 0. The lowest BCUT2D eigenvalue weighted by molar-refractivity contribution is -0.131. The first-order valence-electron chi connectivity index (χ1n) is 4.10. The lowest BCUT2D eigenvalue weighted by Crippen LogP contribution is -2.37. The van der Waals surface area contributed by atoms with Crippen LogP contribution in [-0.2, 0) is 9.53 Å². The number of halogens is 2. The monoisotopic (exact) mass is 193 g/mol. The summed E-state index contributed by atoms with van der Waals surface area (Å²) in [5.74, 6) is -3.08. The first-order valence-corrected chi connectivity index (χ1v) is 4.10. The predicted octanol–water partition coefficient (Wildman–Crippen LogP) is 0.889. The molecule has 1 aliphatic heterocycles. The maximum atomic E-state index is 12.9. The van der Waals surface area contributed by atoms with Crippen molar-refractivity contribution >= 4 is 5.91 Å². The van der Waals surface area contributed by atoms with Gasteiger partial charge in [-0.2, -0.15) is 0 Å². The Bertz CT molecular complexity index is 208. The fraction of sp³-hybridized carbons (Fsp3) is 0.875. The maximum Gasteiger partial charge on any atom is 0.267 e. The highest BCUT2D eigenvalue weighted by Gasteiger charge is 2.45. The third-order valence-electron chi connectivity index (χ3n) is 2.14.